The molecule has 0 aromatic heterocycles. The molecule has 2 aromatic rings. The summed E-state index contributed by atoms with van der Waals surface area (Å²) in [5, 5.41) is 16.3. The van der Waals surface area contributed by atoms with Crippen LogP contribution < -0.4 is 10.0 Å². The zero-order valence-electron chi connectivity index (χ0n) is 18.1. The Labute approximate surface area is 182 Å². The minimum absolute atomic E-state index is 1.21. The molecule has 0 saturated heterocycles. The molecule has 31 heavy (non-hydrogen) atoms. The number of carboxylic acid groups (broad SMARTS) is 2. The van der Waals surface area contributed by atoms with Crippen LogP contribution in [0.15, 0.2) is 84.5 Å². The van der Waals surface area contributed by atoms with Crippen molar-refractivity contribution in [1.82, 2.24) is 0 Å². The molecular formula is C25H26N2O4. The van der Waals surface area contributed by atoms with Gasteiger partial charge < -0.3 is 19.9 Å². The number of carbonyl (C=O) groups excluding carboxylic acids is 1. The van der Waals surface area contributed by atoms with Crippen molar-refractivity contribution in [2.24, 2.45) is 0 Å². The van der Waals surface area contributed by atoms with E-state index in [9.17, 15) is 0 Å². The number of carboxylic acids is 2. The van der Waals surface area contributed by atoms with Crippen LogP contribution in [-0.4, -0.2) is 55.5 Å². The van der Waals surface area contributed by atoms with Crippen LogP contribution in [0.25, 0.3) is 5.57 Å². The fraction of sp³-hybridized carbons (Fsp3) is 0.160. The first-order valence-electron chi connectivity index (χ1n) is 9.63. The highest BCUT2D eigenvalue weighted by atomic mass is 16.4. The second-order valence-electron chi connectivity index (χ2n) is 7.22. The summed E-state index contributed by atoms with van der Waals surface area (Å²) in [5.41, 5.74) is 7.37. The van der Waals surface area contributed by atoms with Crippen molar-refractivity contribution in [3.8, 4) is 0 Å². The van der Waals surface area contributed by atoms with Gasteiger partial charge in [-0.15, -0.1) is 0 Å². The molecule has 1 aliphatic carbocycles. The molecule has 0 bridgehead atoms. The third-order valence-corrected chi connectivity index (χ3v) is 4.58. The lowest BCUT2D eigenvalue weighted by atomic mass is 9.90. The van der Waals surface area contributed by atoms with Crippen LogP contribution >= 0.6 is 0 Å². The van der Waals surface area contributed by atoms with Crippen molar-refractivity contribution >= 4 is 28.9 Å². The van der Waals surface area contributed by atoms with Gasteiger partial charge in [0.05, 0.1) is 0 Å². The Bertz CT molecular complexity index is 1030. The van der Waals surface area contributed by atoms with Crippen LogP contribution in [-0.2, 0) is 9.59 Å². The Morgan fingerprint density at radius 1 is 0.839 bits per heavy atom. The second kappa shape index (κ2) is 10.7. The molecule has 0 heterocycles. The molecule has 0 fully saturated rings. The van der Waals surface area contributed by atoms with E-state index in [1.165, 1.54) is 33.7 Å². The summed E-state index contributed by atoms with van der Waals surface area (Å²) in [4.78, 5) is 20.1. The molecule has 0 amide bonds. The number of rotatable bonds is 3. The Kier molecular flexibility index (Phi) is 8.09. The summed E-state index contributed by atoms with van der Waals surface area (Å²) >= 11 is 0. The van der Waals surface area contributed by atoms with Crippen LogP contribution in [0, 0.1) is 0 Å². The van der Waals surface area contributed by atoms with Gasteiger partial charge in [-0.3, -0.25) is 0 Å². The molecule has 0 radical (unpaired) electrons. The number of benzene rings is 2. The molecule has 6 heteroatoms. The number of aliphatic carboxylic acids is 2. The summed E-state index contributed by atoms with van der Waals surface area (Å²) < 4.78 is 2.12. The predicted octanol–water partition coefficient (Wildman–Crippen LogP) is 2.21. The zero-order chi connectivity index (χ0) is 23.0. The Morgan fingerprint density at radius 3 is 1.74 bits per heavy atom. The van der Waals surface area contributed by atoms with Crippen molar-refractivity contribution in [2.75, 3.05) is 33.1 Å². The third-order valence-electron chi connectivity index (χ3n) is 4.58. The minimum Gasteiger partial charge on any atom is -0.539 e. The van der Waals surface area contributed by atoms with Crippen LogP contribution in [0.1, 0.15) is 11.1 Å². The van der Waals surface area contributed by atoms with Crippen LogP contribution in [0.4, 0.5) is 5.69 Å². The molecule has 3 rings (SSSR count). The van der Waals surface area contributed by atoms with Gasteiger partial charge in [0.1, 0.15) is 14.1 Å². The van der Waals surface area contributed by atoms with Crippen molar-refractivity contribution in [3.63, 3.8) is 0 Å². The van der Waals surface area contributed by atoms with E-state index in [4.69, 9.17) is 19.8 Å². The topological polar surface area (TPSA) is 83.7 Å². The predicted molar refractivity (Wildman–Crippen MR) is 121 cm³/mol. The maximum atomic E-state index is 9.04. The molecular weight excluding hydrogens is 392 g/mol. The molecule has 1 N–H and O–H groups in total. The van der Waals surface area contributed by atoms with Crippen LogP contribution in [0.5, 0.6) is 0 Å². The molecule has 0 spiro atoms. The maximum Gasteiger partial charge on any atom is 0.351 e. The number of hydrogen-bond donors (Lipinski definition) is 1. The van der Waals surface area contributed by atoms with Gasteiger partial charge in [0, 0.05) is 31.9 Å². The molecule has 6 nitrogen and oxygen atoms in total. The monoisotopic (exact) mass is 418 g/mol. The quantitative estimate of drug-likeness (QED) is 0.610. The van der Waals surface area contributed by atoms with Crippen LogP contribution in [0.2, 0.25) is 0 Å². The summed E-state index contributed by atoms with van der Waals surface area (Å²) in [6.45, 7) is 0. The molecule has 0 unspecified atom stereocenters. The highest BCUT2D eigenvalue weighted by molar-refractivity contribution is 6.26. The van der Waals surface area contributed by atoms with Crippen molar-refractivity contribution in [3.05, 3.63) is 95.6 Å². The van der Waals surface area contributed by atoms with E-state index in [0.29, 0.717) is 0 Å². The lowest BCUT2D eigenvalue weighted by Crippen LogP contribution is -2.30. The largest absolute Gasteiger partial charge is 0.539 e. The van der Waals surface area contributed by atoms with Gasteiger partial charge in [-0.05, 0) is 46.6 Å². The molecule has 160 valence electrons. The minimum atomic E-state index is -2.07. The molecule has 1 aliphatic rings. The molecule has 0 atom stereocenters. The van der Waals surface area contributed by atoms with Crippen LogP contribution in [0.3, 0.4) is 0 Å². The molecule has 0 aliphatic heterocycles. The van der Waals surface area contributed by atoms with Gasteiger partial charge in [0.25, 0.3) is 0 Å². The highest BCUT2D eigenvalue weighted by Crippen LogP contribution is 2.30. The fourth-order valence-corrected chi connectivity index (χ4v) is 2.96. The average molecular weight is 418 g/mol. The van der Waals surface area contributed by atoms with Gasteiger partial charge in [0.2, 0.25) is 0 Å². The summed E-state index contributed by atoms with van der Waals surface area (Å²) in [6.07, 6.45) is 8.76. The van der Waals surface area contributed by atoms with E-state index in [1.807, 2.05) is 0 Å². The first-order valence-corrected chi connectivity index (χ1v) is 9.63. The van der Waals surface area contributed by atoms with E-state index in [1.54, 1.807) is 0 Å². The lowest BCUT2D eigenvalue weighted by Gasteiger charge is -2.16. The van der Waals surface area contributed by atoms with Crippen molar-refractivity contribution < 1.29 is 24.4 Å². The van der Waals surface area contributed by atoms with Gasteiger partial charge in [-0.25, -0.2) is 9.37 Å². The van der Waals surface area contributed by atoms with E-state index in [0.717, 1.165) is 0 Å². The first-order chi connectivity index (χ1) is 14.7. The number of anilines is 1. The van der Waals surface area contributed by atoms with Crippen molar-refractivity contribution in [2.45, 2.75) is 0 Å². The maximum absolute atomic E-state index is 9.04. The number of carbonyl (C=O) groups is 2. The normalized spacial score (nSPS) is 12.0. The van der Waals surface area contributed by atoms with Gasteiger partial charge in [-0.1, -0.05) is 42.5 Å². The Morgan fingerprint density at radius 2 is 1.32 bits per heavy atom. The summed E-state index contributed by atoms with van der Waals surface area (Å²) in [7, 11) is 8.27. The van der Waals surface area contributed by atoms with E-state index < -0.39 is 11.9 Å². The Hall–Kier alpha value is -3.93. The summed E-state index contributed by atoms with van der Waals surface area (Å²) in [6, 6.07) is 19.4. The molecule has 2 aromatic carbocycles. The van der Waals surface area contributed by atoms with E-state index >= 15 is 0 Å². The van der Waals surface area contributed by atoms with Crippen molar-refractivity contribution in [1.29, 1.82) is 0 Å². The first kappa shape index (κ1) is 23.3. The average Bonchev–Trinajstić information content (AvgIpc) is 2.76. The number of hydrogen-bond acceptors (Lipinski definition) is 4. The highest BCUT2D eigenvalue weighted by Gasteiger charge is 2.13. The second-order valence-corrected chi connectivity index (χ2v) is 7.22. The zero-order valence-corrected chi connectivity index (χ0v) is 18.1. The smallest absolute Gasteiger partial charge is 0.351 e. The molecule has 0 saturated carbocycles. The summed E-state index contributed by atoms with van der Waals surface area (Å²) in [5.74, 6) is -4.01. The lowest BCUT2D eigenvalue weighted by molar-refractivity contribution is -0.462. The SMILES string of the molecule is CN(C)c1ccc(C(=C2C=CC(=[N+](C)C)C=C2)c2ccccc2)cc1.O=C([O-])C(=O)O. The van der Waals surface area contributed by atoms with E-state index in [2.05, 4.69) is 117 Å². The number of allylic oxidation sites excluding steroid dienone is 5. The van der Waals surface area contributed by atoms with Gasteiger partial charge in [-0.2, -0.15) is 0 Å². The fourth-order valence-electron chi connectivity index (χ4n) is 2.96. The number of nitrogens with zero attached hydrogens (tertiary/aromatic N) is 2. The Balaban J connectivity index is 0.000000501. The van der Waals surface area contributed by atoms with Gasteiger partial charge in [0.15, 0.2) is 11.7 Å². The van der Waals surface area contributed by atoms with Gasteiger partial charge >= 0.3 is 5.97 Å². The standard InChI is InChI=1S/C23H25N2.C2H2O4/c1-24(2)21-14-10-19(11-15-21)23(18-8-6-5-7-9-18)20-12-16-22(17-13-20)25(3)4;3-1(4)2(5)6/h5-17H,1-4H3;(H,3,4)(H,5,6)/q+1;/p-1. The third kappa shape index (κ3) is 6.54. The van der Waals surface area contributed by atoms with E-state index in [-0.39, 0.29) is 0 Å².